The second-order valence-electron chi connectivity index (χ2n) is 12.0. The lowest BCUT2D eigenvalue weighted by molar-refractivity contribution is 0.425. The van der Waals surface area contributed by atoms with E-state index in [1.165, 1.54) is 36.7 Å². The molecule has 18 heteroatoms. The van der Waals surface area contributed by atoms with E-state index < -0.39 is 18.8 Å². The van der Waals surface area contributed by atoms with E-state index in [0.29, 0.717) is 43.8 Å². The summed E-state index contributed by atoms with van der Waals surface area (Å²) < 4.78 is 26.4. The molecule has 0 aliphatic heterocycles. The Labute approximate surface area is 343 Å². The third-order valence-corrected chi connectivity index (χ3v) is 9.01. The molecule has 4 heterocycles. The lowest BCUT2D eigenvalue weighted by atomic mass is 9.80. The number of pyridine rings is 2. The van der Waals surface area contributed by atoms with Crippen LogP contribution in [0.25, 0.3) is 55.6 Å². The fraction of sp³-hybridized carbons (Fsp3) is 0. The number of anilines is 2. The van der Waals surface area contributed by atoms with Crippen molar-refractivity contribution in [3.63, 3.8) is 0 Å². The molecule has 0 saturated carbocycles. The number of halogens is 5. The molecule has 0 saturated heterocycles. The van der Waals surface area contributed by atoms with Gasteiger partial charge in [-0.05, 0) is 72.2 Å². The molecular formula is C40H24BCl3F2N10O2. The molecule has 8 aromatic rings. The van der Waals surface area contributed by atoms with Crippen LogP contribution in [0.15, 0.2) is 110 Å². The van der Waals surface area contributed by atoms with Crippen LogP contribution in [0.3, 0.4) is 0 Å². The van der Waals surface area contributed by atoms with Gasteiger partial charge in [-0.1, -0.05) is 53.0 Å². The SMILES string of the molecule is N#Cc1cc(-c2nc(N)cnc2-c2cc(Cl)c3ncccc3c2)ccc1F.N#Cc1cc(B(O)O)ccc1F.Nc1cnc(-c2cc(Cl)c3ncccc3c2)c(Cl)n1. The van der Waals surface area contributed by atoms with Crippen LogP contribution in [-0.4, -0.2) is 47.1 Å². The number of nitriles is 2. The second kappa shape index (κ2) is 18.0. The molecule has 12 nitrogen and oxygen atoms in total. The average molecular weight is 832 g/mol. The Kier molecular flexibility index (Phi) is 12.6. The summed E-state index contributed by atoms with van der Waals surface area (Å²) in [4.78, 5) is 25.5. The zero-order valence-electron chi connectivity index (χ0n) is 29.5. The minimum atomic E-state index is -1.67. The van der Waals surface area contributed by atoms with Crippen molar-refractivity contribution in [2.75, 3.05) is 11.5 Å². The Morgan fingerprint density at radius 3 is 1.66 bits per heavy atom. The molecule has 0 aliphatic rings. The molecule has 0 radical (unpaired) electrons. The number of hydrogen-bond acceptors (Lipinski definition) is 12. The van der Waals surface area contributed by atoms with Crippen LogP contribution in [0.5, 0.6) is 0 Å². The summed E-state index contributed by atoms with van der Waals surface area (Å²) in [7, 11) is -1.67. The lowest BCUT2D eigenvalue weighted by Gasteiger charge is -2.11. The molecule has 8 rings (SSSR count). The highest BCUT2D eigenvalue weighted by Crippen LogP contribution is 2.35. The molecule has 0 atom stereocenters. The van der Waals surface area contributed by atoms with Crippen LogP contribution in [-0.2, 0) is 0 Å². The van der Waals surface area contributed by atoms with Crippen LogP contribution in [0, 0.1) is 34.3 Å². The third kappa shape index (κ3) is 9.23. The summed E-state index contributed by atoms with van der Waals surface area (Å²) in [5, 5.41) is 37.8. The number of aromatic nitrogens is 6. The van der Waals surface area contributed by atoms with Gasteiger partial charge in [0.25, 0.3) is 0 Å². The van der Waals surface area contributed by atoms with Crippen LogP contribution in [0.1, 0.15) is 11.1 Å². The molecule has 0 fully saturated rings. The van der Waals surface area contributed by atoms with Crippen LogP contribution >= 0.6 is 34.8 Å². The standard InChI is InChI=1S/C20H11ClFN5.C13H8Cl2N4.C7H5BFNO2/c21-15-8-13(6-11-2-1-5-25-18(11)15)19-20(27-17(24)10-26-19)12-3-4-16(22)14(7-12)9-23;14-9-5-8(4-7-2-1-3-17-11(7)9)12-13(15)19-10(16)6-18-12;9-7-2-1-6(8(11)12)3-5(7)4-10/h1-8,10H,(H2,24,27);1-6H,(H2,16,19);1-3,11-12H. The van der Waals surface area contributed by atoms with E-state index in [2.05, 4.69) is 29.9 Å². The predicted molar refractivity (Wildman–Crippen MR) is 220 cm³/mol. The lowest BCUT2D eigenvalue weighted by Crippen LogP contribution is -2.30. The van der Waals surface area contributed by atoms with Crippen molar-refractivity contribution in [2.45, 2.75) is 0 Å². The Morgan fingerprint density at radius 2 is 1.10 bits per heavy atom. The van der Waals surface area contributed by atoms with Gasteiger partial charge < -0.3 is 21.5 Å². The molecule has 284 valence electrons. The smallest absolute Gasteiger partial charge is 0.423 e. The Hall–Kier alpha value is -6.85. The summed E-state index contributed by atoms with van der Waals surface area (Å²) >= 11 is 18.7. The molecule has 0 unspecified atom stereocenters. The molecule has 0 bridgehead atoms. The fourth-order valence-electron chi connectivity index (χ4n) is 5.50. The maximum absolute atomic E-state index is 13.7. The first-order valence-corrected chi connectivity index (χ1v) is 17.8. The Balaban J connectivity index is 0.000000159. The Bertz CT molecular complexity index is 2930. The quantitative estimate of drug-likeness (QED) is 0.126. The van der Waals surface area contributed by atoms with E-state index in [0.717, 1.165) is 34.0 Å². The molecule has 0 amide bonds. The van der Waals surface area contributed by atoms with E-state index in [4.69, 9.17) is 66.8 Å². The number of nitrogen functional groups attached to an aromatic ring is 2. The summed E-state index contributed by atoms with van der Waals surface area (Å²) in [5.74, 6) is -0.770. The van der Waals surface area contributed by atoms with Crippen molar-refractivity contribution in [2.24, 2.45) is 0 Å². The minimum Gasteiger partial charge on any atom is -0.423 e. The highest BCUT2D eigenvalue weighted by atomic mass is 35.5. The highest BCUT2D eigenvalue weighted by molar-refractivity contribution is 6.58. The van der Waals surface area contributed by atoms with E-state index in [1.807, 2.05) is 42.5 Å². The van der Waals surface area contributed by atoms with Crippen molar-refractivity contribution >= 4 is 80.8 Å². The number of benzene rings is 4. The first-order valence-electron chi connectivity index (χ1n) is 16.6. The van der Waals surface area contributed by atoms with Gasteiger partial charge in [0.1, 0.15) is 41.1 Å². The van der Waals surface area contributed by atoms with E-state index >= 15 is 0 Å². The molecule has 6 N–H and O–H groups in total. The van der Waals surface area contributed by atoms with Gasteiger partial charge in [0.2, 0.25) is 0 Å². The highest BCUT2D eigenvalue weighted by Gasteiger charge is 2.17. The van der Waals surface area contributed by atoms with Crippen LogP contribution in [0.2, 0.25) is 15.2 Å². The Morgan fingerprint density at radius 1 is 0.586 bits per heavy atom. The maximum Gasteiger partial charge on any atom is 0.488 e. The second-order valence-corrected chi connectivity index (χ2v) is 13.2. The van der Waals surface area contributed by atoms with Gasteiger partial charge in [0.15, 0.2) is 5.15 Å². The normalized spacial score (nSPS) is 10.4. The van der Waals surface area contributed by atoms with Gasteiger partial charge in [-0.2, -0.15) is 10.5 Å². The topological polar surface area (TPSA) is 217 Å². The van der Waals surface area contributed by atoms with Crippen LogP contribution < -0.4 is 16.9 Å². The first-order chi connectivity index (χ1) is 27.9. The summed E-state index contributed by atoms with van der Waals surface area (Å²) in [5.41, 5.74) is 16.1. The first kappa shape index (κ1) is 40.8. The number of fused-ring (bicyclic) bond motifs is 2. The van der Waals surface area contributed by atoms with Crippen molar-refractivity contribution in [3.05, 3.63) is 148 Å². The van der Waals surface area contributed by atoms with Crippen molar-refractivity contribution in [1.29, 1.82) is 10.5 Å². The minimum absolute atomic E-state index is 0.0802. The van der Waals surface area contributed by atoms with E-state index in [1.54, 1.807) is 30.6 Å². The summed E-state index contributed by atoms with van der Waals surface area (Å²) in [6.07, 6.45) is 6.27. The number of hydrogen-bond donors (Lipinski definition) is 4. The van der Waals surface area contributed by atoms with Crippen molar-refractivity contribution < 1.29 is 18.8 Å². The zero-order valence-corrected chi connectivity index (χ0v) is 31.8. The average Bonchev–Trinajstić information content (AvgIpc) is 3.21. The zero-order chi connectivity index (χ0) is 41.5. The van der Waals surface area contributed by atoms with Gasteiger partial charge in [-0.3, -0.25) is 15.0 Å². The van der Waals surface area contributed by atoms with Gasteiger partial charge >= 0.3 is 7.12 Å². The van der Waals surface area contributed by atoms with E-state index in [9.17, 15) is 8.78 Å². The summed E-state index contributed by atoms with van der Waals surface area (Å²) in [6, 6.07) is 25.7. The van der Waals surface area contributed by atoms with Crippen molar-refractivity contribution in [3.8, 4) is 45.9 Å². The maximum atomic E-state index is 13.7. The van der Waals surface area contributed by atoms with E-state index in [-0.39, 0.29) is 33.4 Å². The third-order valence-electron chi connectivity index (χ3n) is 8.17. The van der Waals surface area contributed by atoms with Gasteiger partial charge in [-0.15, -0.1) is 0 Å². The number of nitrogens with two attached hydrogens (primary N) is 2. The number of nitrogens with zero attached hydrogens (tertiary/aromatic N) is 8. The molecule has 0 aliphatic carbocycles. The number of rotatable bonds is 4. The van der Waals surface area contributed by atoms with Crippen molar-refractivity contribution in [1.82, 2.24) is 29.9 Å². The summed E-state index contributed by atoms with van der Waals surface area (Å²) in [6.45, 7) is 0. The van der Waals surface area contributed by atoms with Gasteiger partial charge in [-0.25, -0.2) is 23.7 Å². The van der Waals surface area contributed by atoms with Crippen LogP contribution in [0.4, 0.5) is 20.4 Å². The molecule has 4 aromatic heterocycles. The van der Waals surface area contributed by atoms with Gasteiger partial charge in [0.05, 0.1) is 56.0 Å². The van der Waals surface area contributed by atoms with Gasteiger partial charge in [0, 0.05) is 39.9 Å². The molecular weight excluding hydrogens is 808 g/mol. The monoisotopic (exact) mass is 830 g/mol. The largest absolute Gasteiger partial charge is 0.488 e. The fourth-order valence-corrected chi connectivity index (χ4v) is 6.31. The predicted octanol–water partition coefficient (Wildman–Crippen LogP) is 7.56. The molecule has 4 aromatic carbocycles. The molecule has 0 spiro atoms. The molecule has 58 heavy (non-hydrogen) atoms.